The van der Waals surface area contributed by atoms with Gasteiger partial charge in [-0.25, -0.2) is 0 Å². The highest BCUT2D eigenvalue weighted by Gasteiger charge is 2.43. The lowest BCUT2D eigenvalue weighted by molar-refractivity contribution is -0.0879. The largest absolute Gasteiger partial charge is 0.465 e. The van der Waals surface area contributed by atoms with Gasteiger partial charge in [0.1, 0.15) is 5.75 Å². The first kappa shape index (κ1) is 22.7. The highest BCUT2D eigenvalue weighted by Crippen LogP contribution is 2.51. The minimum Gasteiger partial charge on any atom is -0.465 e. The van der Waals surface area contributed by atoms with E-state index in [1.807, 2.05) is 12.1 Å². The van der Waals surface area contributed by atoms with Crippen LogP contribution < -0.4 is 4.74 Å². The molecule has 2 aliphatic rings. The Bertz CT molecular complexity index is 563. The molecule has 0 spiro atoms. The van der Waals surface area contributed by atoms with Crippen molar-refractivity contribution in [3.05, 3.63) is 29.8 Å². The van der Waals surface area contributed by atoms with Gasteiger partial charge in [0.15, 0.2) is 6.29 Å². The van der Waals surface area contributed by atoms with Gasteiger partial charge in [-0.2, -0.15) is 0 Å². The van der Waals surface area contributed by atoms with Crippen LogP contribution >= 0.6 is 0 Å². The third-order valence-corrected chi connectivity index (χ3v) is 8.13. The van der Waals surface area contributed by atoms with Crippen molar-refractivity contribution in [1.29, 1.82) is 0 Å². The van der Waals surface area contributed by atoms with Gasteiger partial charge in [0.25, 0.3) is 0 Å². The zero-order chi connectivity index (χ0) is 20.7. The number of ether oxygens (including phenoxy) is 1. The Balaban J connectivity index is 1.65. The van der Waals surface area contributed by atoms with Crippen LogP contribution in [0.1, 0.15) is 116 Å². The molecule has 1 aromatic rings. The molecule has 1 aromatic carbocycles. The Hall–Kier alpha value is -1.02. The summed E-state index contributed by atoms with van der Waals surface area (Å²) in [5.74, 6) is 2.88. The predicted octanol–water partition coefficient (Wildman–Crippen LogP) is 7.84. The summed E-state index contributed by atoms with van der Waals surface area (Å²) in [5.41, 5.74) is 1.57. The van der Waals surface area contributed by atoms with Crippen molar-refractivity contribution in [2.75, 3.05) is 0 Å². The lowest BCUT2D eigenvalue weighted by Gasteiger charge is -2.48. The number of hydrogen-bond acceptors (Lipinski definition) is 2. The molecule has 2 heteroatoms. The summed E-state index contributed by atoms with van der Waals surface area (Å²) in [6.07, 6.45) is 16.1. The molecule has 0 bridgehead atoms. The van der Waals surface area contributed by atoms with Gasteiger partial charge >= 0.3 is 0 Å². The van der Waals surface area contributed by atoms with E-state index >= 15 is 0 Å². The summed E-state index contributed by atoms with van der Waals surface area (Å²) in [6, 6.07) is 8.43. The minimum absolute atomic E-state index is 0.204. The topological polar surface area (TPSA) is 29.5 Å². The van der Waals surface area contributed by atoms with Crippen LogP contribution in [0, 0.1) is 17.3 Å². The third kappa shape index (κ3) is 6.00. The van der Waals surface area contributed by atoms with Gasteiger partial charge in [-0.15, -0.1) is 0 Å². The van der Waals surface area contributed by atoms with Crippen LogP contribution in [0.2, 0.25) is 0 Å². The van der Waals surface area contributed by atoms with E-state index < -0.39 is 6.29 Å². The van der Waals surface area contributed by atoms with Gasteiger partial charge in [0.2, 0.25) is 0 Å². The molecule has 2 unspecified atom stereocenters. The summed E-state index contributed by atoms with van der Waals surface area (Å²) in [7, 11) is 0. The smallest absolute Gasteiger partial charge is 0.197 e. The van der Waals surface area contributed by atoms with Crippen LogP contribution in [-0.2, 0) is 0 Å². The number of aliphatic hydroxyl groups excluding tert-OH is 1. The molecule has 29 heavy (non-hydrogen) atoms. The molecule has 2 fully saturated rings. The van der Waals surface area contributed by atoms with Crippen LogP contribution in [0.5, 0.6) is 5.75 Å². The van der Waals surface area contributed by atoms with Gasteiger partial charge in [0.05, 0.1) is 0 Å². The molecule has 2 aliphatic carbocycles. The summed E-state index contributed by atoms with van der Waals surface area (Å²) in [4.78, 5) is 0. The maximum Gasteiger partial charge on any atom is 0.197 e. The highest BCUT2D eigenvalue weighted by molar-refractivity contribution is 5.29. The second kappa shape index (κ2) is 10.8. The maximum atomic E-state index is 10.9. The van der Waals surface area contributed by atoms with Crippen LogP contribution in [0.15, 0.2) is 24.3 Å². The lowest BCUT2D eigenvalue weighted by atomic mass is 9.58. The molecule has 0 amide bonds. The molecule has 0 heterocycles. The minimum atomic E-state index is -0.706. The fraction of sp³-hybridized carbons (Fsp3) is 0.778. The van der Waals surface area contributed by atoms with E-state index in [2.05, 4.69) is 32.9 Å². The van der Waals surface area contributed by atoms with Gasteiger partial charge in [-0.05, 0) is 73.0 Å². The van der Waals surface area contributed by atoms with Crippen molar-refractivity contribution in [2.45, 2.75) is 116 Å². The van der Waals surface area contributed by atoms with E-state index in [1.54, 1.807) is 0 Å². The second-order valence-electron chi connectivity index (χ2n) is 10.2. The van der Waals surface area contributed by atoms with Crippen molar-refractivity contribution in [3.8, 4) is 5.75 Å². The zero-order valence-electron chi connectivity index (χ0n) is 19.2. The van der Waals surface area contributed by atoms with Gasteiger partial charge in [-0.1, -0.05) is 77.8 Å². The van der Waals surface area contributed by atoms with Crippen molar-refractivity contribution in [1.82, 2.24) is 0 Å². The van der Waals surface area contributed by atoms with E-state index in [0.29, 0.717) is 5.92 Å². The quantitative estimate of drug-likeness (QED) is 0.428. The normalized spacial score (nSPS) is 21.7. The summed E-state index contributed by atoms with van der Waals surface area (Å²) < 4.78 is 6.04. The molecule has 0 aromatic heterocycles. The molecule has 0 aliphatic heterocycles. The molecule has 2 nitrogen and oxygen atoms in total. The van der Waals surface area contributed by atoms with Gasteiger partial charge in [-0.3, -0.25) is 0 Å². The number of rotatable bonds is 9. The number of hydrogen-bond donors (Lipinski definition) is 1. The Morgan fingerprint density at radius 1 is 0.931 bits per heavy atom. The molecular formula is C27H44O2. The maximum absolute atomic E-state index is 10.9. The molecule has 0 radical (unpaired) electrons. The number of benzene rings is 1. The molecule has 0 saturated heterocycles. The first-order valence-electron chi connectivity index (χ1n) is 12.5. The molecule has 2 atom stereocenters. The van der Waals surface area contributed by atoms with E-state index in [-0.39, 0.29) is 5.41 Å². The Morgan fingerprint density at radius 2 is 1.45 bits per heavy atom. The van der Waals surface area contributed by atoms with Gasteiger partial charge < -0.3 is 9.84 Å². The Labute approximate surface area is 179 Å². The van der Waals surface area contributed by atoms with E-state index in [0.717, 1.165) is 24.0 Å². The third-order valence-electron chi connectivity index (χ3n) is 8.13. The van der Waals surface area contributed by atoms with Gasteiger partial charge in [0, 0.05) is 6.42 Å². The molecular weight excluding hydrogens is 356 g/mol. The summed E-state index contributed by atoms with van der Waals surface area (Å²) >= 11 is 0. The predicted molar refractivity (Wildman–Crippen MR) is 122 cm³/mol. The van der Waals surface area contributed by atoms with Crippen molar-refractivity contribution < 1.29 is 9.84 Å². The second-order valence-corrected chi connectivity index (χ2v) is 10.2. The first-order valence-corrected chi connectivity index (χ1v) is 12.5. The van der Waals surface area contributed by atoms with Crippen molar-refractivity contribution in [3.63, 3.8) is 0 Å². The monoisotopic (exact) mass is 400 g/mol. The molecule has 3 rings (SSSR count). The van der Waals surface area contributed by atoms with Crippen molar-refractivity contribution >= 4 is 0 Å². The fourth-order valence-electron chi connectivity index (χ4n) is 6.24. The highest BCUT2D eigenvalue weighted by atomic mass is 16.6. The molecule has 164 valence electrons. The van der Waals surface area contributed by atoms with Crippen LogP contribution in [-0.4, -0.2) is 11.4 Å². The standard InChI is InChI=1S/C27H44O2/c1-4-11-21(2)22-16-18-25(19-17-22)29-26(28)20-27(3,23-12-7-5-8-13-23)24-14-9-6-10-15-24/h16-19,21,23-24,26,28H,4-15,20H2,1-3H3. The van der Waals surface area contributed by atoms with Crippen LogP contribution in [0.25, 0.3) is 0 Å². The van der Waals surface area contributed by atoms with Crippen LogP contribution in [0.4, 0.5) is 0 Å². The van der Waals surface area contributed by atoms with E-state index in [1.165, 1.54) is 82.6 Å². The molecule has 2 saturated carbocycles. The number of aliphatic hydroxyl groups is 1. The van der Waals surface area contributed by atoms with Crippen molar-refractivity contribution in [2.24, 2.45) is 17.3 Å². The SMILES string of the molecule is CCCC(C)c1ccc(OC(O)CC(C)(C2CCCCC2)C2CCCCC2)cc1. The fourth-order valence-corrected chi connectivity index (χ4v) is 6.24. The Kier molecular flexibility index (Phi) is 8.47. The van der Waals surface area contributed by atoms with E-state index in [9.17, 15) is 5.11 Å². The average Bonchev–Trinajstić information content (AvgIpc) is 2.75. The lowest BCUT2D eigenvalue weighted by Crippen LogP contribution is -2.41. The Morgan fingerprint density at radius 3 is 1.93 bits per heavy atom. The summed E-state index contributed by atoms with van der Waals surface area (Å²) in [6.45, 7) is 7.00. The molecule has 1 N–H and O–H groups in total. The zero-order valence-corrected chi connectivity index (χ0v) is 19.2. The van der Waals surface area contributed by atoms with E-state index in [4.69, 9.17) is 4.74 Å². The average molecular weight is 401 g/mol. The van der Waals surface area contributed by atoms with Crippen LogP contribution in [0.3, 0.4) is 0 Å². The first-order chi connectivity index (χ1) is 14.0. The summed E-state index contributed by atoms with van der Waals surface area (Å²) in [5, 5.41) is 10.9.